The number of nitrogens with zero attached hydrogens (tertiary/aromatic N) is 4. The van der Waals surface area contributed by atoms with Crippen molar-refractivity contribution < 1.29 is 9.50 Å². The molecule has 120 valence electrons. The van der Waals surface area contributed by atoms with Gasteiger partial charge in [-0.25, -0.2) is 14.4 Å². The van der Waals surface area contributed by atoms with E-state index < -0.39 is 6.10 Å². The van der Waals surface area contributed by atoms with E-state index in [0.29, 0.717) is 13.0 Å². The first-order valence-corrected chi connectivity index (χ1v) is 7.79. The van der Waals surface area contributed by atoms with E-state index in [0.717, 1.165) is 23.8 Å². The summed E-state index contributed by atoms with van der Waals surface area (Å²) < 4.78 is 13.6. The SMILES string of the molecule is CN1CC=C2N=C(N3C[C@H](O)C[C@@H]3c3cccc(F)c3)C=CN21. The van der Waals surface area contributed by atoms with Crippen LogP contribution in [0.4, 0.5) is 4.39 Å². The van der Waals surface area contributed by atoms with E-state index in [1.54, 1.807) is 6.07 Å². The van der Waals surface area contributed by atoms with E-state index in [1.807, 2.05) is 30.4 Å². The highest BCUT2D eigenvalue weighted by Gasteiger charge is 2.35. The molecule has 0 saturated carbocycles. The van der Waals surface area contributed by atoms with E-state index in [4.69, 9.17) is 4.99 Å². The number of likely N-dealkylation sites (tertiary alicyclic amines) is 1. The van der Waals surface area contributed by atoms with Gasteiger partial charge < -0.3 is 10.0 Å². The summed E-state index contributed by atoms with van der Waals surface area (Å²) in [5, 5.41) is 14.2. The molecule has 23 heavy (non-hydrogen) atoms. The van der Waals surface area contributed by atoms with Crippen LogP contribution in [0.2, 0.25) is 0 Å². The minimum atomic E-state index is -0.433. The molecule has 3 heterocycles. The summed E-state index contributed by atoms with van der Waals surface area (Å²) in [6.45, 7) is 1.33. The number of aliphatic hydroxyl groups excluding tert-OH is 1. The highest BCUT2D eigenvalue weighted by atomic mass is 19.1. The summed E-state index contributed by atoms with van der Waals surface area (Å²) in [4.78, 5) is 6.77. The first kappa shape index (κ1) is 14.4. The Balaban J connectivity index is 1.65. The van der Waals surface area contributed by atoms with Gasteiger partial charge in [-0.1, -0.05) is 12.1 Å². The van der Waals surface area contributed by atoms with Crippen molar-refractivity contribution >= 4 is 5.84 Å². The van der Waals surface area contributed by atoms with E-state index >= 15 is 0 Å². The van der Waals surface area contributed by atoms with Gasteiger partial charge in [0.05, 0.1) is 12.1 Å². The second kappa shape index (κ2) is 5.47. The van der Waals surface area contributed by atoms with Gasteiger partial charge in [-0.15, -0.1) is 0 Å². The topological polar surface area (TPSA) is 42.3 Å². The molecule has 1 N–H and O–H groups in total. The van der Waals surface area contributed by atoms with Crippen LogP contribution in [0, 0.1) is 5.82 Å². The number of aliphatic hydroxyl groups is 1. The Morgan fingerprint density at radius 3 is 3.04 bits per heavy atom. The molecule has 1 aromatic carbocycles. The maximum atomic E-state index is 13.6. The highest BCUT2D eigenvalue weighted by Crippen LogP contribution is 2.34. The molecule has 6 heteroatoms. The molecule has 0 amide bonds. The van der Waals surface area contributed by atoms with Crippen LogP contribution in [0.1, 0.15) is 18.0 Å². The maximum absolute atomic E-state index is 13.6. The van der Waals surface area contributed by atoms with Crippen LogP contribution in [0.5, 0.6) is 0 Å². The smallest absolute Gasteiger partial charge is 0.146 e. The predicted octanol–water partition coefficient (Wildman–Crippen LogP) is 1.86. The van der Waals surface area contributed by atoms with Crippen LogP contribution < -0.4 is 0 Å². The highest BCUT2D eigenvalue weighted by molar-refractivity contribution is 5.95. The first-order chi connectivity index (χ1) is 11.1. The van der Waals surface area contributed by atoms with Crippen LogP contribution in [-0.2, 0) is 0 Å². The number of hydrazine groups is 1. The van der Waals surface area contributed by atoms with Gasteiger partial charge in [0.25, 0.3) is 0 Å². The molecular weight excluding hydrogens is 295 g/mol. The Morgan fingerprint density at radius 1 is 1.35 bits per heavy atom. The summed E-state index contributed by atoms with van der Waals surface area (Å²) in [6.07, 6.45) is 6.14. The summed E-state index contributed by atoms with van der Waals surface area (Å²) >= 11 is 0. The first-order valence-electron chi connectivity index (χ1n) is 7.79. The Kier molecular flexibility index (Phi) is 3.43. The van der Waals surface area contributed by atoms with Gasteiger partial charge in [0.15, 0.2) is 0 Å². The fourth-order valence-corrected chi connectivity index (χ4v) is 3.41. The number of hydrogen-bond acceptors (Lipinski definition) is 5. The van der Waals surface area contributed by atoms with Crippen LogP contribution in [-0.4, -0.2) is 52.1 Å². The van der Waals surface area contributed by atoms with E-state index in [2.05, 4.69) is 16.0 Å². The Morgan fingerprint density at radius 2 is 2.22 bits per heavy atom. The zero-order chi connectivity index (χ0) is 16.0. The number of hydrogen-bond donors (Lipinski definition) is 1. The fourth-order valence-electron chi connectivity index (χ4n) is 3.41. The number of rotatable bonds is 1. The molecule has 1 aromatic rings. The minimum Gasteiger partial charge on any atom is -0.391 e. The number of β-amino-alcohol motifs (C(OH)–C–C–N with tert-alkyl or cyclic N) is 1. The molecule has 3 aliphatic rings. The summed E-state index contributed by atoms with van der Waals surface area (Å²) in [6, 6.07) is 6.53. The lowest BCUT2D eigenvalue weighted by atomic mass is 10.0. The number of likely N-dealkylation sites (N-methyl/N-ethyl adjacent to an activating group) is 1. The number of amidine groups is 1. The molecule has 0 spiro atoms. The van der Waals surface area contributed by atoms with E-state index in [1.165, 1.54) is 12.1 Å². The molecular formula is C17H19FN4O. The average Bonchev–Trinajstić information content (AvgIpc) is 3.10. The fraction of sp³-hybridized carbons (Fsp3) is 0.353. The lowest BCUT2D eigenvalue weighted by Crippen LogP contribution is -2.36. The Labute approximate surface area is 134 Å². The van der Waals surface area contributed by atoms with Crippen molar-refractivity contribution in [3.8, 4) is 0 Å². The number of aliphatic imine (C=N–C) groups is 1. The molecule has 0 unspecified atom stereocenters. The largest absolute Gasteiger partial charge is 0.391 e. The molecule has 4 rings (SSSR count). The molecule has 0 aromatic heterocycles. The molecule has 2 atom stereocenters. The molecule has 5 nitrogen and oxygen atoms in total. The van der Waals surface area contributed by atoms with Crippen molar-refractivity contribution in [3.63, 3.8) is 0 Å². The zero-order valence-corrected chi connectivity index (χ0v) is 12.9. The second-order valence-corrected chi connectivity index (χ2v) is 6.15. The van der Waals surface area contributed by atoms with Gasteiger partial charge in [-0.2, -0.15) is 0 Å². The zero-order valence-electron chi connectivity index (χ0n) is 12.9. The molecule has 1 fully saturated rings. The molecule has 0 radical (unpaired) electrons. The minimum absolute atomic E-state index is 0.0598. The van der Waals surface area contributed by atoms with Gasteiger partial charge in [0.1, 0.15) is 17.5 Å². The quantitative estimate of drug-likeness (QED) is 0.859. The third-order valence-corrected chi connectivity index (χ3v) is 4.54. The molecule has 3 aliphatic heterocycles. The maximum Gasteiger partial charge on any atom is 0.146 e. The monoisotopic (exact) mass is 314 g/mol. The second-order valence-electron chi connectivity index (χ2n) is 6.15. The van der Waals surface area contributed by atoms with E-state index in [9.17, 15) is 9.50 Å². The summed E-state index contributed by atoms with van der Waals surface area (Å²) in [7, 11) is 2.00. The third kappa shape index (κ3) is 2.54. The van der Waals surface area contributed by atoms with Crippen LogP contribution >= 0.6 is 0 Å². The van der Waals surface area contributed by atoms with Crippen molar-refractivity contribution in [2.24, 2.45) is 4.99 Å². The number of benzene rings is 1. The molecule has 0 bridgehead atoms. The Bertz CT molecular complexity index is 714. The van der Waals surface area contributed by atoms with Crippen LogP contribution in [0.15, 0.2) is 53.4 Å². The standard InChI is InChI=1S/C17H19FN4O/c1-20-7-5-17-19-16(6-8-22(17)20)21-11-14(23)10-15(21)12-3-2-4-13(18)9-12/h2-6,8-9,14-15,23H,7,10-11H2,1H3/t14-,15-/m1/s1. The van der Waals surface area contributed by atoms with Gasteiger partial charge in [0.2, 0.25) is 0 Å². The summed E-state index contributed by atoms with van der Waals surface area (Å²) in [5.74, 6) is 1.45. The van der Waals surface area contributed by atoms with Gasteiger partial charge in [-0.3, -0.25) is 5.01 Å². The lowest BCUT2D eigenvalue weighted by molar-refractivity contribution is 0.125. The molecule has 1 saturated heterocycles. The third-order valence-electron chi connectivity index (χ3n) is 4.54. The van der Waals surface area contributed by atoms with Gasteiger partial charge >= 0.3 is 0 Å². The van der Waals surface area contributed by atoms with Gasteiger partial charge in [-0.05, 0) is 36.3 Å². The van der Waals surface area contributed by atoms with E-state index in [-0.39, 0.29) is 11.9 Å². The lowest BCUT2D eigenvalue weighted by Gasteiger charge is -2.31. The predicted molar refractivity (Wildman–Crippen MR) is 85.6 cm³/mol. The Hall–Kier alpha value is -2.18. The van der Waals surface area contributed by atoms with Crippen molar-refractivity contribution in [2.45, 2.75) is 18.6 Å². The normalized spacial score (nSPS) is 27.3. The average molecular weight is 314 g/mol. The van der Waals surface area contributed by atoms with Crippen molar-refractivity contribution in [3.05, 3.63) is 59.8 Å². The van der Waals surface area contributed by atoms with Crippen molar-refractivity contribution in [2.75, 3.05) is 20.1 Å². The number of halogens is 1. The van der Waals surface area contributed by atoms with Crippen LogP contribution in [0.3, 0.4) is 0 Å². The van der Waals surface area contributed by atoms with Crippen molar-refractivity contribution in [1.29, 1.82) is 0 Å². The van der Waals surface area contributed by atoms with Crippen LogP contribution in [0.25, 0.3) is 0 Å². The van der Waals surface area contributed by atoms with Crippen molar-refractivity contribution in [1.82, 2.24) is 14.9 Å². The summed E-state index contributed by atoms with van der Waals surface area (Å²) in [5.41, 5.74) is 0.873. The van der Waals surface area contributed by atoms with Gasteiger partial charge in [0, 0.05) is 26.3 Å². The molecule has 0 aliphatic carbocycles. The number of fused-ring (bicyclic) bond motifs is 1.